The van der Waals surface area contributed by atoms with Crippen LogP contribution in [0.5, 0.6) is 0 Å². The number of hydrogen-bond acceptors (Lipinski definition) is 3. The topological polar surface area (TPSA) is 44.3 Å². The van der Waals surface area contributed by atoms with E-state index in [2.05, 4.69) is 10.6 Å². The van der Waals surface area contributed by atoms with Crippen LogP contribution in [0.1, 0.15) is 19.3 Å². The van der Waals surface area contributed by atoms with Crippen molar-refractivity contribution >= 4 is 5.69 Å². The molecule has 0 aliphatic carbocycles. The summed E-state index contributed by atoms with van der Waals surface area (Å²) in [6, 6.07) is 6.21. The minimum absolute atomic E-state index is 0.243. The van der Waals surface area contributed by atoms with Gasteiger partial charge in [0.1, 0.15) is 5.82 Å². The van der Waals surface area contributed by atoms with Crippen LogP contribution in [0.15, 0.2) is 24.3 Å². The predicted octanol–water partition coefficient (Wildman–Crippen LogP) is 1.74. The molecule has 2 rings (SSSR count). The van der Waals surface area contributed by atoms with Crippen LogP contribution in [0.2, 0.25) is 0 Å². The average Bonchev–Trinajstić information content (AvgIpc) is 2.54. The smallest absolute Gasteiger partial charge is 0.123 e. The highest BCUT2D eigenvalue weighted by atomic mass is 19.1. The molecule has 3 nitrogen and oxygen atoms in total. The Morgan fingerprint density at radius 3 is 2.76 bits per heavy atom. The first kappa shape index (κ1) is 12.3. The van der Waals surface area contributed by atoms with Crippen molar-refractivity contribution in [3.05, 3.63) is 30.1 Å². The molecule has 1 unspecified atom stereocenters. The molecule has 94 valence electrons. The molecule has 1 atom stereocenters. The highest BCUT2D eigenvalue weighted by Crippen LogP contribution is 2.20. The molecular weight excluding hydrogens is 219 g/mol. The first-order valence-corrected chi connectivity index (χ1v) is 6.11. The lowest BCUT2D eigenvalue weighted by Crippen LogP contribution is -2.37. The maximum Gasteiger partial charge on any atom is 0.123 e. The van der Waals surface area contributed by atoms with Gasteiger partial charge in [-0.2, -0.15) is 0 Å². The predicted molar refractivity (Wildman–Crippen MR) is 66.6 cm³/mol. The third kappa shape index (κ3) is 3.68. The minimum Gasteiger partial charge on any atom is -0.388 e. The van der Waals surface area contributed by atoms with Gasteiger partial charge < -0.3 is 15.7 Å². The Morgan fingerprint density at radius 1 is 1.24 bits per heavy atom. The second-order valence-corrected chi connectivity index (χ2v) is 4.69. The van der Waals surface area contributed by atoms with Crippen molar-refractivity contribution in [1.82, 2.24) is 5.32 Å². The van der Waals surface area contributed by atoms with E-state index in [4.69, 9.17) is 0 Å². The van der Waals surface area contributed by atoms with E-state index in [0.29, 0.717) is 6.54 Å². The summed E-state index contributed by atoms with van der Waals surface area (Å²) in [7, 11) is 0. The Labute approximate surface area is 101 Å². The van der Waals surface area contributed by atoms with E-state index in [1.807, 2.05) is 0 Å². The minimum atomic E-state index is -0.655. The summed E-state index contributed by atoms with van der Waals surface area (Å²) in [4.78, 5) is 0. The maximum absolute atomic E-state index is 12.7. The lowest BCUT2D eigenvalue weighted by Gasteiger charge is -2.27. The molecule has 1 aliphatic heterocycles. The molecule has 17 heavy (non-hydrogen) atoms. The molecule has 1 aromatic rings. The second-order valence-electron chi connectivity index (χ2n) is 4.69. The van der Waals surface area contributed by atoms with Gasteiger partial charge in [-0.25, -0.2) is 4.39 Å². The quantitative estimate of drug-likeness (QED) is 0.751. The van der Waals surface area contributed by atoms with Crippen LogP contribution in [0.4, 0.5) is 10.1 Å². The highest BCUT2D eigenvalue weighted by molar-refractivity contribution is 5.43. The molecule has 3 N–H and O–H groups in total. The summed E-state index contributed by atoms with van der Waals surface area (Å²) in [6.45, 7) is 2.33. The lowest BCUT2D eigenvalue weighted by molar-refractivity contribution is 0.0414. The number of aliphatic hydroxyl groups is 1. The van der Waals surface area contributed by atoms with E-state index >= 15 is 0 Å². The van der Waals surface area contributed by atoms with Crippen molar-refractivity contribution in [2.45, 2.75) is 24.9 Å². The fourth-order valence-electron chi connectivity index (χ4n) is 2.12. The fourth-order valence-corrected chi connectivity index (χ4v) is 2.12. The van der Waals surface area contributed by atoms with Crippen LogP contribution in [0, 0.1) is 5.82 Å². The maximum atomic E-state index is 12.7. The largest absolute Gasteiger partial charge is 0.388 e. The Morgan fingerprint density at radius 2 is 2.00 bits per heavy atom. The molecule has 1 fully saturated rings. The van der Waals surface area contributed by atoms with Gasteiger partial charge in [-0.1, -0.05) is 0 Å². The van der Waals surface area contributed by atoms with Gasteiger partial charge in [0, 0.05) is 12.2 Å². The van der Waals surface area contributed by atoms with Gasteiger partial charge in [-0.15, -0.1) is 0 Å². The van der Waals surface area contributed by atoms with E-state index in [9.17, 15) is 9.50 Å². The zero-order chi connectivity index (χ0) is 12.1. The molecule has 1 aliphatic rings. The number of nitrogens with one attached hydrogen (secondary N) is 2. The van der Waals surface area contributed by atoms with Gasteiger partial charge in [-0.3, -0.25) is 0 Å². The number of halogens is 1. The summed E-state index contributed by atoms with van der Waals surface area (Å²) in [5.74, 6) is -0.243. The zero-order valence-electron chi connectivity index (χ0n) is 9.88. The van der Waals surface area contributed by atoms with Gasteiger partial charge in [0.15, 0.2) is 0 Å². The van der Waals surface area contributed by atoms with E-state index in [0.717, 1.165) is 38.0 Å². The van der Waals surface area contributed by atoms with E-state index in [-0.39, 0.29) is 5.82 Å². The van der Waals surface area contributed by atoms with Gasteiger partial charge in [-0.05, 0) is 56.6 Å². The first-order chi connectivity index (χ1) is 8.18. The molecule has 0 radical (unpaired) electrons. The zero-order valence-corrected chi connectivity index (χ0v) is 9.88. The van der Waals surface area contributed by atoms with E-state index in [1.165, 1.54) is 12.1 Å². The Hall–Kier alpha value is -1.13. The lowest BCUT2D eigenvalue weighted by atomic mass is 9.95. The van der Waals surface area contributed by atoms with Gasteiger partial charge in [0.05, 0.1) is 5.60 Å². The average molecular weight is 238 g/mol. The Balaban J connectivity index is 1.89. The SMILES string of the molecule is OC1(CNc2ccc(F)cc2)CCCNCC1. The van der Waals surface area contributed by atoms with Crippen LogP contribution < -0.4 is 10.6 Å². The van der Waals surface area contributed by atoms with Crippen LogP contribution >= 0.6 is 0 Å². The van der Waals surface area contributed by atoms with Gasteiger partial charge >= 0.3 is 0 Å². The summed E-state index contributed by atoms with van der Waals surface area (Å²) in [6.07, 6.45) is 2.54. The monoisotopic (exact) mass is 238 g/mol. The molecule has 0 amide bonds. The first-order valence-electron chi connectivity index (χ1n) is 6.11. The molecule has 1 saturated heterocycles. The molecule has 0 spiro atoms. The van der Waals surface area contributed by atoms with Crippen molar-refractivity contribution in [1.29, 1.82) is 0 Å². The molecule has 0 saturated carbocycles. The summed E-state index contributed by atoms with van der Waals surface area (Å²) < 4.78 is 12.7. The van der Waals surface area contributed by atoms with Crippen molar-refractivity contribution in [2.24, 2.45) is 0 Å². The molecule has 1 heterocycles. The van der Waals surface area contributed by atoms with Gasteiger partial charge in [0.2, 0.25) is 0 Å². The summed E-state index contributed by atoms with van der Waals surface area (Å²) in [5.41, 5.74) is 0.190. The van der Waals surface area contributed by atoms with E-state index in [1.54, 1.807) is 12.1 Å². The standard InChI is InChI=1S/C13H19FN2O/c14-11-2-4-12(5-3-11)16-10-13(17)6-1-8-15-9-7-13/h2-5,15-17H,1,6-10H2. The van der Waals surface area contributed by atoms with Crippen molar-refractivity contribution in [3.8, 4) is 0 Å². The molecule has 4 heteroatoms. The number of rotatable bonds is 3. The summed E-state index contributed by atoms with van der Waals surface area (Å²) >= 11 is 0. The van der Waals surface area contributed by atoms with Crippen LogP contribution in [-0.4, -0.2) is 30.3 Å². The Bertz CT molecular complexity index is 345. The molecular formula is C13H19FN2O. The van der Waals surface area contributed by atoms with Crippen LogP contribution in [-0.2, 0) is 0 Å². The summed E-state index contributed by atoms with van der Waals surface area (Å²) in [5, 5.41) is 16.8. The number of anilines is 1. The normalized spacial score (nSPS) is 25.3. The van der Waals surface area contributed by atoms with Crippen molar-refractivity contribution in [2.75, 3.05) is 25.0 Å². The van der Waals surface area contributed by atoms with Crippen LogP contribution in [0.3, 0.4) is 0 Å². The third-order valence-electron chi connectivity index (χ3n) is 3.23. The third-order valence-corrected chi connectivity index (χ3v) is 3.23. The fraction of sp³-hybridized carbons (Fsp3) is 0.538. The molecule has 0 bridgehead atoms. The van der Waals surface area contributed by atoms with Crippen LogP contribution in [0.25, 0.3) is 0 Å². The van der Waals surface area contributed by atoms with Crippen molar-refractivity contribution in [3.63, 3.8) is 0 Å². The second kappa shape index (κ2) is 5.47. The van der Waals surface area contributed by atoms with Gasteiger partial charge in [0.25, 0.3) is 0 Å². The number of hydrogen-bond donors (Lipinski definition) is 3. The highest BCUT2D eigenvalue weighted by Gasteiger charge is 2.27. The Kier molecular flexibility index (Phi) is 3.97. The van der Waals surface area contributed by atoms with E-state index < -0.39 is 5.60 Å². The number of benzene rings is 1. The molecule has 0 aromatic heterocycles. The van der Waals surface area contributed by atoms with Crippen molar-refractivity contribution < 1.29 is 9.50 Å². The molecule has 1 aromatic carbocycles.